The van der Waals surface area contributed by atoms with E-state index in [1.54, 1.807) is 6.20 Å². The average molecular weight is 342 g/mol. The summed E-state index contributed by atoms with van der Waals surface area (Å²) in [5.41, 5.74) is 1.08. The maximum Gasteiger partial charge on any atom is 0.228 e. The lowest BCUT2D eigenvalue weighted by Gasteiger charge is -2.30. The molecule has 0 atom stereocenters. The molecule has 2 aromatic rings. The highest BCUT2D eigenvalue weighted by molar-refractivity contribution is 5.91. The second-order valence-corrected chi connectivity index (χ2v) is 7.07. The van der Waals surface area contributed by atoms with Crippen molar-refractivity contribution < 1.29 is 9.21 Å². The van der Waals surface area contributed by atoms with Crippen molar-refractivity contribution in [2.45, 2.75) is 46.1 Å². The summed E-state index contributed by atoms with van der Waals surface area (Å²) in [6.45, 7) is 8.62. The van der Waals surface area contributed by atoms with Crippen LogP contribution in [0.15, 0.2) is 28.9 Å². The van der Waals surface area contributed by atoms with Gasteiger partial charge < -0.3 is 9.73 Å². The highest BCUT2D eigenvalue weighted by Gasteiger charge is 2.26. The number of anilines is 1. The van der Waals surface area contributed by atoms with Gasteiger partial charge in [0.15, 0.2) is 0 Å². The number of aryl methyl sites for hydroxylation is 1. The number of oxazole rings is 1. The number of piperidine rings is 1. The van der Waals surface area contributed by atoms with Gasteiger partial charge in [-0.15, -0.1) is 0 Å². The van der Waals surface area contributed by atoms with Gasteiger partial charge in [0, 0.05) is 18.0 Å². The van der Waals surface area contributed by atoms with Crippen LogP contribution in [0.5, 0.6) is 0 Å². The van der Waals surface area contributed by atoms with E-state index in [-0.39, 0.29) is 11.8 Å². The Morgan fingerprint density at radius 2 is 2.04 bits per heavy atom. The van der Waals surface area contributed by atoms with Crippen LogP contribution >= 0.6 is 0 Å². The number of rotatable bonds is 5. The van der Waals surface area contributed by atoms with Gasteiger partial charge >= 0.3 is 0 Å². The fraction of sp³-hybridized carbons (Fsp3) is 0.526. The maximum absolute atomic E-state index is 12.4. The van der Waals surface area contributed by atoms with Crippen LogP contribution in [0.2, 0.25) is 0 Å². The van der Waals surface area contributed by atoms with E-state index in [4.69, 9.17) is 4.42 Å². The van der Waals surface area contributed by atoms with Crippen molar-refractivity contribution in [1.82, 2.24) is 14.9 Å². The number of carbonyl (C=O) groups excluding carboxylic acids is 1. The number of hydrogen-bond acceptors (Lipinski definition) is 5. The average Bonchev–Trinajstić information content (AvgIpc) is 3.06. The van der Waals surface area contributed by atoms with Crippen LogP contribution < -0.4 is 5.32 Å². The topological polar surface area (TPSA) is 71.3 Å². The van der Waals surface area contributed by atoms with Crippen molar-refractivity contribution in [2.24, 2.45) is 5.92 Å². The third-order valence-corrected chi connectivity index (χ3v) is 4.62. The van der Waals surface area contributed by atoms with Crippen molar-refractivity contribution in [2.75, 3.05) is 18.4 Å². The van der Waals surface area contributed by atoms with Crippen molar-refractivity contribution >= 4 is 11.7 Å². The summed E-state index contributed by atoms with van der Waals surface area (Å²) in [7, 11) is 0. The lowest BCUT2D eigenvalue weighted by atomic mass is 9.96. The summed E-state index contributed by atoms with van der Waals surface area (Å²) < 4.78 is 5.77. The quantitative estimate of drug-likeness (QED) is 0.902. The third-order valence-electron chi connectivity index (χ3n) is 4.62. The molecule has 1 aliphatic rings. The minimum atomic E-state index is 0.0372. The van der Waals surface area contributed by atoms with E-state index >= 15 is 0 Å². The molecule has 3 rings (SSSR count). The zero-order valence-electron chi connectivity index (χ0n) is 15.2. The first-order chi connectivity index (χ1) is 12.0. The summed E-state index contributed by atoms with van der Waals surface area (Å²) >= 11 is 0. The molecule has 1 aliphatic heterocycles. The molecule has 1 saturated heterocycles. The third kappa shape index (κ3) is 4.66. The fourth-order valence-corrected chi connectivity index (χ4v) is 2.98. The second kappa shape index (κ2) is 7.78. The van der Waals surface area contributed by atoms with Gasteiger partial charge in [-0.05, 0) is 44.5 Å². The molecule has 0 aromatic carbocycles. The number of likely N-dealkylation sites (tertiary alicyclic amines) is 1. The molecule has 0 radical (unpaired) electrons. The number of hydrogen-bond donors (Lipinski definition) is 1. The Bertz CT molecular complexity index is 700. The van der Waals surface area contributed by atoms with E-state index < -0.39 is 0 Å². The molecule has 0 spiro atoms. The summed E-state index contributed by atoms with van der Waals surface area (Å²) in [6, 6.07) is 3.80. The Hall–Kier alpha value is -2.21. The predicted octanol–water partition coefficient (Wildman–Crippen LogP) is 3.35. The Kier molecular flexibility index (Phi) is 5.48. The molecule has 0 bridgehead atoms. The minimum absolute atomic E-state index is 0.0372. The SMILES string of the molecule is Cc1ccc(NC(=O)C2CCN(Cc3ncc(C(C)C)o3)CC2)nc1. The maximum atomic E-state index is 12.4. The number of amides is 1. The fourth-order valence-electron chi connectivity index (χ4n) is 2.98. The van der Waals surface area contributed by atoms with Gasteiger partial charge in [0.1, 0.15) is 11.6 Å². The number of nitrogens with zero attached hydrogens (tertiary/aromatic N) is 3. The first-order valence-corrected chi connectivity index (χ1v) is 8.91. The minimum Gasteiger partial charge on any atom is -0.444 e. The molecule has 6 heteroatoms. The van der Waals surface area contributed by atoms with Gasteiger partial charge in [-0.25, -0.2) is 9.97 Å². The van der Waals surface area contributed by atoms with E-state index in [1.165, 1.54) is 0 Å². The highest BCUT2D eigenvalue weighted by Crippen LogP contribution is 2.22. The number of carbonyl (C=O) groups is 1. The van der Waals surface area contributed by atoms with E-state index in [1.807, 2.05) is 25.3 Å². The molecular weight excluding hydrogens is 316 g/mol. The number of pyridine rings is 1. The molecule has 2 aromatic heterocycles. The van der Waals surface area contributed by atoms with E-state index in [2.05, 4.69) is 34.0 Å². The molecule has 0 aliphatic carbocycles. The molecule has 0 unspecified atom stereocenters. The summed E-state index contributed by atoms with van der Waals surface area (Å²) in [5.74, 6) is 2.76. The molecule has 25 heavy (non-hydrogen) atoms. The van der Waals surface area contributed by atoms with Crippen LogP contribution in [0.25, 0.3) is 0 Å². The zero-order chi connectivity index (χ0) is 17.8. The monoisotopic (exact) mass is 342 g/mol. The van der Waals surface area contributed by atoms with Crippen LogP contribution in [0.3, 0.4) is 0 Å². The summed E-state index contributed by atoms with van der Waals surface area (Å²) in [6.07, 6.45) is 5.26. The smallest absolute Gasteiger partial charge is 0.228 e. The normalized spacial score (nSPS) is 16.3. The Balaban J connectivity index is 1.47. The van der Waals surface area contributed by atoms with E-state index in [0.29, 0.717) is 18.3 Å². The molecule has 134 valence electrons. The summed E-state index contributed by atoms with van der Waals surface area (Å²) in [4.78, 5) is 23.3. The molecule has 1 N–H and O–H groups in total. The number of aromatic nitrogens is 2. The van der Waals surface area contributed by atoms with E-state index in [0.717, 1.165) is 43.1 Å². The van der Waals surface area contributed by atoms with Gasteiger partial charge in [-0.1, -0.05) is 19.9 Å². The van der Waals surface area contributed by atoms with Crippen LogP contribution in [0.4, 0.5) is 5.82 Å². The first kappa shape index (κ1) is 17.6. The van der Waals surface area contributed by atoms with Crippen molar-refractivity contribution in [3.05, 3.63) is 41.7 Å². The molecule has 3 heterocycles. The van der Waals surface area contributed by atoms with Gasteiger partial charge in [0.2, 0.25) is 11.8 Å². The Morgan fingerprint density at radius 1 is 1.28 bits per heavy atom. The Morgan fingerprint density at radius 3 is 2.64 bits per heavy atom. The zero-order valence-corrected chi connectivity index (χ0v) is 15.2. The standard InChI is InChI=1S/C19H26N4O2/c1-13(2)16-11-21-18(25-16)12-23-8-6-15(7-9-23)19(24)22-17-5-4-14(3)10-20-17/h4-5,10-11,13,15H,6-9,12H2,1-3H3,(H,20,22,24). The molecule has 1 fully saturated rings. The molecule has 0 saturated carbocycles. The summed E-state index contributed by atoms with van der Waals surface area (Å²) in [5, 5.41) is 2.92. The largest absolute Gasteiger partial charge is 0.444 e. The molecular formula is C19H26N4O2. The van der Waals surface area contributed by atoms with Crippen molar-refractivity contribution in [3.8, 4) is 0 Å². The van der Waals surface area contributed by atoms with Gasteiger partial charge in [-0.2, -0.15) is 0 Å². The molecule has 1 amide bonds. The van der Waals surface area contributed by atoms with Crippen LogP contribution in [-0.4, -0.2) is 33.9 Å². The number of nitrogens with one attached hydrogen (secondary N) is 1. The van der Waals surface area contributed by atoms with Crippen molar-refractivity contribution in [3.63, 3.8) is 0 Å². The van der Waals surface area contributed by atoms with E-state index in [9.17, 15) is 4.79 Å². The van der Waals surface area contributed by atoms with Crippen molar-refractivity contribution in [1.29, 1.82) is 0 Å². The van der Waals surface area contributed by atoms with Crippen LogP contribution in [0, 0.1) is 12.8 Å². The lowest BCUT2D eigenvalue weighted by Crippen LogP contribution is -2.37. The molecule has 6 nitrogen and oxygen atoms in total. The lowest BCUT2D eigenvalue weighted by molar-refractivity contribution is -0.121. The highest BCUT2D eigenvalue weighted by atomic mass is 16.4. The van der Waals surface area contributed by atoms with Gasteiger partial charge in [-0.3, -0.25) is 9.69 Å². The second-order valence-electron chi connectivity index (χ2n) is 7.07. The predicted molar refractivity (Wildman–Crippen MR) is 96.2 cm³/mol. The van der Waals surface area contributed by atoms with Crippen LogP contribution in [-0.2, 0) is 11.3 Å². The Labute approximate surface area is 148 Å². The van der Waals surface area contributed by atoms with Gasteiger partial charge in [0.25, 0.3) is 0 Å². The van der Waals surface area contributed by atoms with Gasteiger partial charge in [0.05, 0.1) is 12.7 Å². The first-order valence-electron chi connectivity index (χ1n) is 8.91. The van der Waals surface area contributed by atoms with Crippen LogP contribution in [0.1, 0.15) is 49.8 Å².